The van der Waals surface area contributed by atoms with Crippen molar-refractivity contribution >= 4 is 11.9 Å². The van der Waals surface area contributed by atoms with Crippen LogP contribution in [0.3, 0.4) is 0 Å². The van der Waals surface area contributed by atoms with Crippen LogP contribution in [0.5, 0.6) is 0 Å². The van der Waals surface area contributed by atoms with Gasteiger partial charge in [0.05, 0.1) is 6.61 Å². The highest BCUT2D eigenvalue weighted by atomic mass is 16.5. The number of hydrogen-bond donors (Lipinski definition) is 1. The third-order valence-corrected chi connectivity index (χ3v) is 4.70. The zero-order valence-electron chi connectivity index (χ0n) is 12.7. The van der Waals surface area contributed by atoms with Crippen molar-refractivity contribution in [2.75, 3.05) is 6.61 Å². The van der Waals surface area contributed by atoms with E-state index in [4.69, 9.17) is 4.74 Å². The molecule has 0 radical (unpaired) electrons. The highest BCUT2D eigenvalue weighted by molar-refractivity contribution is 5.97. The van der Waals surface area contributed by atoms with Gasteiger partial charge in [0.1, 0.15) is 5.72 Å². The molecule has 1 aromatic carbocycles. The number of nitrogens with zero attached hydrogens (tertiary/aromatic N) is 1. The Morgan fingerprint density at radius 2 is 1.82 bits per heavy atom. The number of carboxylic acid groups (broad SMARTS) is 1. The Balaban J connectivity index is 1.95. The van der Waals surface area contributed by atoms with E-state index in [1.54, 1.807) is 12.1 Å². The number of carbonyl (C=O) groups excluding carboxylic acids is 1. The molecular weight excluding hydrogens is 282 g/mol. The van der Waals surface area contributed by atoms with Gasteiger partial charge in [-0.1, -0.05) is 24.1 Å². The van der Waals surface area contributed by atoms with Crippen molar-refractivity contribution in [1.29, 1.82) is 0 Å². The fourth-order valence-electron chi connectivity index (χ4n) is 3.50. The van der Waals surface area contributed by atoms with Gasteiger partial charge in [0.2, 0.25) is 0 Å². The summed E-state index contributed by atoms with van der Waals surface area (Å²) in [7, 11) is 0. The first-order chi connectivity index (χ1) is 10.5. The van der Waals surface area contributed by atoms with Gasteiger partial charge in [-0.25, -0.2) is 4.79 Å². The van der Waals surface area contributed by atoms with Gasteiger partial charge in [0, 0.05) is 5.56 Å². The second-order valence-electron chi connectivity index (χ2n) is 6.21. The Hall–Kier alpha value is -1.88. The zero-order valence-corrected chi connectivity index (χ0v) is 12.7. The van der Waals surface area contributed by atoms with Crippen LogP contribution >= 0.6 is 0 Å². The summed E-state index contributed by atoms with van der Waals surface area (Å²) in [6.07, 6.45) is 4.46. The monoisotopic (exact) mass is 303 g/mol. The topological polar surface area (TPSA) is 66.8 Å². The van der Waals surface area contributed by atoms with Crippen molar-refractivity contribution in [1.82, 2.24) is 4.90 Å². The molecule has 1 unspecified atom stereocenters. The van der Waals surface area contributed by atoms with Crippen LogP contribution in [0.25, 0.3) is 0 Å². The summed E-state index contributed by atoms with van der Waals surface area (Å²) in [4.78, 5) is 26.0. The van der Waals surface area contributed by atoms with Crippen molar-refractivity contribution in [3.63, 3.8) is 0 Å². The molecule has 1 aliphatic carbocycles. The van der Waals surface area contributed by atoms with Gasteiger partial charge in [-0.15, -0.1) is 0 Å². The number of benzene rings is 1. The molecule has 118 valence electrons. The van der Waals surface area contributed by atoms with Crippen LogP contribution < -0.4 is 0 Å². The van der Waals surface area contributed by atoms with Gasteiger partial charge in [-0.05, 0) is 44.7 Å². The SMILES string of the molecule is Cc1ccc(C(=O)N2C(C(=O)O)COC23CCCCC3)cc1. The van der Waals surface area contributed by atoms with E-state index in [1.807, 2.05) is 19.1 Å². The summed E-state index contributed by atoms with van der Waals surface area (Å²) < 4.78 is 5.86. The maximum absolute atomic E-state index is 12.9. The molecule has 3 rings (SSSR count). The van der Waals surface area contributed by atoms with Gasteiger partial charge in [0.15, 0.2) is 6.04 Å². The maximum atomic E-state index is 12.9. The number of hydrogen-bond acceptors (Lipinski definition) is 3. The van der Waals surface area contributed by atoms with Crippen LogP contribution in [0.15, 0.2) is 24.3 Å². The van der Waals surface area contributed by atoms with Crippen LogP contribution in [-0.4, -0.2) is 40.3 Å². The second kappa shape index (κ2) is 5.72. The minimum absolute atomic E-state index is 0.0763. The third kappa shape index (κ3) is 2.50. The van der Waals surface area contributed by atoms with E-state index in [2.05, 4.69) is 0 Å². The Kier molecular flexibility index (Phi) is 3.91. The molecule has 2 fully saturated rings. The molecule has 1 saturated carbocycles. The molecule has 1 aromatic rings. The van der Waals surface area contributed by atoms with Gasteiger partial charge in [0.25, 0.3) is 5.91 Å². The molecule has 1 atom stereocenters. The highest BCUT2D eigenvalue weighted by Crippen LogP contribution is 2.41. The number of aryl methyl sites for hydroxylation is 1. The molecule has 22 heavy (non-hydrogen) atoms. The van der Waals surface area contributed by atoms with Gasteiger partial charge >= 0.3 is 5.97 Å². The molecule has 1 saturated heterocycles. The quantitative estimate of drug-likeness (QED) is 0.912. The van der Waals surface area contributed by atoms with Gasteiger partial charge < -0.3 is 9.84 Å². The van der Waals surface area contributed by atoms with E-state index in [0.717, 1.165) is 24.8 Å². The smallest absolute Gasteiger partial charge is 0.328 e. The Labute approximate surface area is 129 Å². The van der Waals surface area contributed by atoms with Crippen molar-refractivity contribution in [2.45, 2.75) is 50.8 Å². The van der Waals surface area contributed by atoms with Gasteiger partial charge in [-0.3, -0.25) is 9.69 Å². The molecule has 1 aliphatic heterocycles. The number of ether oxygens (including phenoxy) is 1. The van der Waals surface area contributed by atoms with Crippen molar-refractivity contribution in [3.05, 3.63) is 35.4 Å². The van der Waals surface area contributed by atoms with Crippen LogP contribution in [-0.2, 0) is 9.53 Å². The largest absolute Gasteiger partial charge is 0.480 e. The molecule has 2 aliphatic rings. The molecule has 1 spiro atoms. The number of aliphatic carboxylic acids is 1. The van der Waals surface area contributed by atoms with E-state index >= 15 is 0 Å². The second-order valence-corrected chi connectivity index (χ2v) is 6.21. The average Bonchev–Trinajstić information content (AvgIpc) is 2.87. The maximum Gasteiger partial charge on any atom is 0.328 e. The fraction of sp³-hybridized carbons (Fsp3) is 0.529. The van der Waals surface area contributed by atoms with Crippen LogP contribution in [0.4, 0.5) is 0 Å². The van der Waals surface area contributed by atoms with Crippen LogP contribution in [0.2, 0.25) is 0 Å². The highest BCUT2D eigenvalue weighted by Gasteiger charge is 2.53. The van der Waals surface area contributed by atoms with E-state index in [1.165, 1.54) is 4.90 Å². The minimum Gasteiger partial charge on any atom is -0.480 e. The van der Waals surface area contributed by atoms with E-state index in [9.17, 15) is 14.7 Å². The molecule has 0 bridgehead atoms. The summed E-state index contributed by atoms with van der Waals surface area (Å²) in [5.74, 6) is -1.24. The van der Waals surface area contributed by atoms with Crippen LogP contribution in [0.1, 0.15) is 48.0 Å². The Morgan fingerprint density at radius 3 is 2.41 bits per heavy atom. The fourth-order valence-corrected chi connectivity index (χ4v) is 3.50. The van der Waals surface area contributed by atoms with Crippen molar-refractivity contribution < 1.29 is 19.4 Å². The van der Waals surface area contributed by atoms with Crippen molar-refractivity contribution in [2.24, 2.45) is 0 Å². The lowest BCUT2D eigenvalue weighted by Crippen LogP contribution is -2.54. The average molecular weight is 303 g/mol. The lowest BCUT2D eigenvalue weighted by Gasteiger charge is -2.41. The summed E-state index contributed by atoms with van der Waals surface area (Å²) in [5, 5.41) is 9.46. The first kappa shape index (κ1) is 15.0. The zero-order chi connectivity index (χ0) is 15.7. The molecule has 1 heterocycles. The van der Waals surface area contributed by atoms with Crippen LogP contribution in [0, 0.1) is 6.92 Å². The summed E-state index contributed by atoms with van der Waals surface area (Å²) >= 11 is 0. The molecule has 0 aromatic heterocycles. The van der Waals surface area contributed by atoms with Gasteiger partial charge in [-0.2, -0.15) is 0 Å². The minimum atomic E-state index is -0.997. The molecule has 5 heteroatoms. The normalized spacial score (nSPS) is 23.7. The lowest BCUT2D eigenvalue weighted by atomic mass is 9.89. The van der Waals surface area contributed by atoms with E-state index in [-0.39, 0.29) is 12.5 Å². The first-order valence-corrected chi connectivity index (χ1v) is 7.81. The Bertz CT molecular complexity index is 575. The standard InChI is InChI=1S/C17H21NO4/c1-12-5-7-13(8-6-12)15(19)18-14(16(20)21)11-22-17(18)9-3-2-4-10-17/h5-8,14H,2-4,9-11H2,1H3,(H,20,21). The predicted molar refractivity (Wildman–Crippen MR) is 80.5 cm³/mol. The van der Waals surface area contributed by atoms with E-state index in [0.29, 0.717) is 18.4 Å². The number of carbonyl (C=O) groups is 2. The third-order valence-electron chi connectivity index (χ3n) is 4.70. The molecule has 5 nitrogen and oxygen atoms in total. The number of rotatable bonds is 2. The summed E-state index contributed by atoms with van der Waals surface area (Å²) in [6.45, 7) is 2.03. The molecule has 1 N–H and O–H groups in total. The van der Waals surface area contributed by atoms with Crippen molar-refractivity contribution in [3.8, 4) is 0 Å². The number of carboxylic acids is 1. The molecule has 1 amide bonds. The summed E-state index contributed by atoms with van der Waals surface area (Å²) in [5.41, 5.74) is 0.854. The molecular formula is C17H21NO4. The summed E-state index contributed by atoms with van der Waals surface area (Å²) in [6, 6.07) is 6.35. The lowest BCUT2D eigenvalue weighted by molar-refractivity contribution is -0.143. The Morgan fingerprint density at radius 1 is 1.18 bits per heavy atom. The van der Waals surface area contributed by atoms with E-state index < -0.39 is 17.7 Å². The number of amides is 1. The predicted octanol–water partition coefficient (Wildman–Crippen LogP) is 2.58. The first-order valence-electron chi connectivity index (χ1n) is 7.81.